The van der Waals surface area contributed by atoms with E-state index in [-0.39, 0.29) is 5.41 Å². The molecule has 0 aliphatic rings. The molecule has 1 rings (SSSR count). The highest BCUT2D eigenvalue weighted by molar-refractivity contribution is 5.38. The molecule has 0 saturated carbocycles. The van der Waals surface area contributed by atoms with E-state index >= 15 is 0 Å². The first-order valence-electron chi connectivity index (χ1n) is 5.19. The van der Waals surface area contributed by atoms with Crippen molar-refractivity contribution in [3.05, 3.63) is 47.0 Å². The first-order valence-corrected chi connectivity index (χ1v) is 5.19. The van der Waals surface area contributed by atoms with Crippen LogP contribution in [0.15, 0.2) is 35.9 Å². The lowest BCUT2D eigenvalue weighted by Crippen LogP contribution is -2.19. The Hall–Kier alpha value is -1.04. The second-order valence-electron chi connectivity index (χ2n) is 4.41. The molecule has 0 N–H and O–H groups in total. The number of benzene rings is 1. The van der Waals surface area contributed by atoms with E-state index in [9.17, 15) is 0 Å². The van der Waals surface area contributed by atoms with Gasteiger partial charge in [-0.05, 0) is 31.9 Å². The molecule has 0 atom stereocenters. The van der Waals surface area contributed by atoms with Gasteiger partial charge in [0.1, 0.15) is 0 Å². The molecule has 0 bridgehead atoms. The smallest absolute Gasteiger partial charge is 0.0105 e. The molecule has 0 aliphatic carbocycles. The summed E-state index contributed by atoms with van der Waals surface area (Å²) in [7, 11) is 0. The zero-order chi connectivity index (χ0) is 10.8. The highest BCUT2D eigenvalue weighted by atomic mass is 14.3. The van der Waals surface area contributed by atoms with E-state index in [0.717, 1.165) is 0 Å². The van der Waals surface area contributed by atoms with E-state index in [2.05, 4.69) is 65.0 Å². The fourth-order valence-electron chi connectivity index (χ4n) is 1.85. The fourth-order valence-corrected chi connectivity index (χ4v) is 1.85. The number of rotatable bonds is 2. The van der Waals surface area contributed by atoms with Crippen molar-refractivity contribution in [2.45, 2.75) is 40.0 Å². The average molecular weight is 188 g/mol. The summed E-state index contributed by atoms with van der Waals surface area (Å²) in [5, 5.41) is 0. The minimum atomic E-state index is 0.153. The van der Waals surface area contributed by atoms with Gasteiger partial charge in [-0.2, -0.15) is 0 Å². The molecule has 0 saturated heterocycles. The maximum absolute atomic E-state index is 2.28. The van der Waals surface area contributed by atoms with Crippen molar-refractivity contribution in [3.8, 4) is 0 Å². The Balaban J connectivity index is 3.23. The summed E-state index contributed by atoms with van der Waals surface area (Å²) in [6.07, 6.45) is 2.20. The summed E-state index contributed by atoms with van der Waals surface area (Å²) in [4.78, 5) is 0. The minimum absolute atomic E-state index is 0.153. The molecule has 1 aromatic carbocycles. The molecule has 0 aromatic heterocycles. The van der Waals surface area contributed by atoms with Gasteiger partial charge in [-0.3, -0.25) is 0 Å². The van der Waals surface area contributed by atoms with Gasteiger partial charge in [0, 0.05) is 5.41 Å². The molecule has 1 aromatic rings. The zero-order valence-corrected chi connectivity index (χ0v) is 9.89. The Morgan fingerprint density at radius 1 is 1.21 bits per heavy atom. The molecule has 76 valence electrons. The van der Waals surface area contributed by atoms with Crippen LogP contribution < -0.4 is 0 Å². The maximum Gasteiger partial charge on any atom is 0.0105 e. The maximum atomic E-state index is 2.28. The summed E-state index contributed by atoms with van der Waals surface area (Å²) in [6.45, 7) is 11.1. The normalized spacial score (nSPS) is 13.1. The Kier molecular flexibility index (Phi) is 3.15. The Morgan fingerprint density at radius 3 is 2.29 bits per heavy atom. The van der Waals surface area contributed by atoms with Crippen molar-refractivity contribution >= 4 is 0 Å². The number of allylic oxidation sites excluding steroid dienone is 2. The van der Waals surface area contributed by atoms with Gasteiger partial charge in [0.05, 0.1) is 0 Å². The zero-order valence-electron chi connectivity index (χ0n) is 9.89. The lowest BCUT2D eigenvalue weighted by Gasteiger charge is -2.28. The van der Waals surface area contributed by atoms with Gasteiger partial charge >= 0.3 is 0 Å². The molecule has 0 amide bonds. The van der Waals surface area contributed by atoms with E-state index in [1.807, 2.05) is 0 Å². The number of hydrogen-bond acceptors (Lipinski definition) is 0. The predicted molar refractivity (Wildman–Crippen MR) is 63.6 cm³/mol. The SMILES string of the molecule is C/C=C(/C)C(C)(C)c1ccccc1C. The van der Waals surface area contributed by atoms with Crippen LogP contribution in [0.1, 0.15) is 38.8 Å². The second kappa shape index (κ2) is 4.00. The molecule has 0 heterocycles. The molecule has 0 aliphatic heterocycles. The van der Waals surface area contributed by atoms with Crippen LogP contribution in [0.5, 0.6) is 0 Å². The van der Waals surface area contributed by atoms with Crippen molar-refractivity contribution in [2.24, 2.45) is 0 Å². The third kappa shape index (κ3) is 1.89. The Labute approximate surface area is 87.7 Å². The molecule has 0 radical (unpaired) electrons. The predicted octanol–water partition coefficient (Wildman–Crippen LogP) is 4.24. The van der Waals surface area contributed by atoms with Gasteiger partial charge in [-0.1, -0.05) is 49.8 Å². The van der Waals surface area contributed by atoms with Gasteiger partial charge < -0.3 is 0 Å². The molecule has 0 heteroatoms. The average Bonchev–Trinajstić information content (AvgIpc) is 2.17. The van der Waals surface area contributed by atoms with Crippen molar-refractivity contribution in [2.75, 3.05) is 0 Å². The van der Waals surface area contributed by atoms with Gasteiger partial charge in [-0.25, -0.2) is 0 Å². The summed E-state index contributed by atoms with van der Waals surface area (Å²) < 4.78 is 0. The van der Waals surface area contributed by atoms with Crippen LogP contribution in [-0.4, -0.2) is 0 Å². The standard InChI is InChI=1S/C14H20/c1-6-12(3)14(4,5)13-10-8-7-9-11(13)2/h6-10H,1-5H3/b12-6-. The number of hydrogen-bond donors (Lipinski definition) is 0. The summed E-state index contributed by atoms with van der Waals surface area (Å²) in [6, 6.07) is 8.62. The molecule has 0 nitrogen and oxygen atoms in total. The molecule has 14 heavy (non-hydrogen) atoms. The van der Waals surface area contributed by atoms with Gasteiger partial charge in [0.2, 0.25) is 0 Å². The van der Waals surface area contributed by atoms with Crippen molar-refractivity contribution in [1.82, 2.24) is 0 Å². The van der Waals surface area contributed by atoms with Crippen LogP contribution in [0.3, 0.4) is 0 Å². The Morgan fingerprint density at radius 2 is 1.79 bits per heavy atom. The van der Waals surface area contributed by atoms with Crippen LogP contribution in [0.4, 0.5) is 0 Å². The fraction of sp³-hybridized carbons (Fsp3) is 0.429. The van der Waals surface area contributed by atoms with E-state index in [4.69, 9.17) is 0 Å². The van der Waals surface area contributed by atoms with Crippen molar-refractivity contribution in [1.29, 1.82) is 0 Å². The van der Waals surface area contributed by atoms with Crippen LogP contribution in [-0.2, 0) is 5.41 Å². The van der Waals surface area contributed by atoms with E-state index in [1.165, 1.54) is 16.7 Å². The first kappa shape index (κ1) is 11.0. The summed E-state index contributed by atoms with van der Waals surface area (Å²) in [5.74, 6) is 0. The van der Waals surface area contributed by atoms with Gasteiger partial charge in [0.15, 0.2) is 0 Å². The van der Waals surface area contributed by atoms with Crippen LogP contribution in [0.2, 0.25) is 0 Å². The highest BCUT2D eigenvalue weighted by Crippen LogP contribution is 2.32. The van der Waals surface area contributed by atoms with Crippen LogP contribution in [0.25, 0.3) is 0 Å². The van der Waals surface area contributed by atoms with E-state index < -0.39 is 0 Å². The third-order valence-electron chi connectivity index (χ3n) is 3.24. The first-order chi connectivity index (χ1) is 6.50. The largest absolute Gasteiger partial charge is 0.0879 e. The highest BCUT2D eigenvalue weighted by Gasteiger charge is 2.23. The Bertz CT molecular complexity index is 343. The van der Waals surface area contributed by atoms with Crippen LogP contribution in [0, 0.1) is 6.92 Å². The van der Waals surface area contributed by atoms with Gasteiger partial charge in [-0.15, -0.1) is 0 Å². The van der Waals surface area contributed by atoms with Gasteiger partial charge in [0.25, 0.3) is 0 Å². The second-order valence-corrected chi connectivity index (χ2v) is 4.41. The third-order valence-corrected chi connectivity index (χ3v) is 3.24. The van der Waals surface area contributed by atoms with Crippen molar-refractivity contribution < 1.29 is 0 Å². The van der Waals surface area contributed by atoms with Crippen molar-refractivity contribution in [3.63, 3.8) is 0 Å². The molecular formula is C14H20. The molecule has 0 fully saturated rings. The minimum Gasteiger partial charge on any atom is -0.0879 e. The summed E-state index contributed by atoms with van der Waals surface area (Å²) >= 11 is 0. The van der Waals surface area contributed by atoms with Crippen LogP contribution >= 0.6 is 0 Å². The molecular weight excluding hydrogens is 168 g/mol. The monoisotopic (exact) mass is 188 g/mol. The van der Waals surface area contributed by atoms with E-state index in [0.29, 0.717) is 0 Å². The topological polar surface area (TPSA) is 0 Å². The quantitative estimate of drug-likeness (QED) is 0.609. The van der Waals surface area contributed by atoms with E-state index in [1.54, 1.807) is 0 Å². The number of aryl methyl sites for hydroxylation is 1. The molecule has 0 spiro atoms. The summed E-state index contributed by atoms with van der Waals surface area (Å²) in [5.41, 5.74) is 4.38. The lowest BCUT2D eigenvalue weighted by molar-refractivity contribution is 0.618. The molecule has 0 unspecified atom stereocenters. The lowest BCUT2D eigenvalue weighted by atomic mass is 9.76.